The molecule has 0 aliphatic heterocycles. The highest BCUT2D eigenvalue weighted by atomic mass is 32.2. The van der Waals surface area contributed by atoms with Crippen molar-refractivity contribution < 1.29 is 8.42 Å². The average molecular weight is 301 g/mol. The molecule has 8 heteroatoms. The van der Waals surface area contributed by atoms with Crippen LogP contribution >= 0.6 is 0 Å². The molecule has 21 heavy (non-hydrogen) atoms. The molecule has 0 spiro atoms. The number of aromatic amines is 1. The van der Waals surface area contributed by atoms with Crippen LogP contribution in [0, 0.1) is 0 Å². The molecule has 0 amide bonds. The molecule has 0 bridgehead atoms. The molecule has 106 valence electrons. The highest BCUT2D eigenvalue weighted by Crippen LogP contribution is 2.22. The Hall–Kier alpha value is -2.74. The van der Waals surface area contributed by atoms with Gasteiger partial charge in [-0.2, -0.15) is 5.21 Å². The van der Waals surface area contributed by atoms with Gasteiger partial charge in [0.25, 0.3) is 16.0 Å². The molecule has 3 rings (SSSR count). The summed E-state index contributed by atoms with van der Waals surface area (Å²) in [4.78, 5) is 0.133. The Kier molecular flexibility index (Phi) is 3.36. The molecule has 1 aromatic heterocycles. The first kappa shape index (κ1) is 13.3. The molecule has 2 N–H and O–H groups in total. The lowest BCUT2D eigenvalue weighted by Crippen LogP contribution is -2.14. The molecule has 0 atom stereocenters. The first-order valence-electron chi connectivity index (χ1n) is 6.07. The third kappa shape index (κ3) is 2.90. The van der Waals surface area contributed by atoms with Gasteiger partial charge in [0.15, 0.2) is 0 Å². The third-order valence-corrected chi connectivity index (χ3v) is 4.15. The van der Waals surface area contributed by atoms with Crippen LogP contribution < -0.4 is 4.72 Å². The van der Waals surface area contributed by atoms with E-state index < -0.39 is 10.0 Å². The summed E-state index contributed by atoms with van der Waals surface area (Å²) in [7, 11) is -3.75. The van der Waals surface area contributed by atoms with Gasteiger partial charge < -0.3 is 0 Å². The van der Waals surface area contributed by atoms with Gasteiger partial charge in [0.2, 0.25) is 0 Å². The molecule has 0 fully saturated rings. The number of H-pyrrole nitrogens is 1. The van der Waals surface area contributed by atoms with Crippen LogP contribution in [0.1, 0.15) is 0 Å². The fraction of sp³-hybridized carbons (Fsp3) is 0. The summed E-state index contributed by atoms with van der Waals surface area (Å²) < 4.78 is 26.8. The molecule has 0 radical (unpaired) electrons. The predicted molar refractivity (Wildman–Crippen MR) is 76.9 cm³/mol. The Bertz CT molecular complexity index is 832. The molecule has 0 aliphatic carbocycles. The summed E-state index contributed by atoms with van der Waals surface area (Å²) >= 11 is 0. The van der Waals surface area contributed by atoms with Crippen molar-refractivity contribution in [2.75, 3.05) is 4.72 Å². The second kappa shape index (κ2) is 5.33. The zero-order valence-electron chi connectivity index (χ0n) is 10.8. The Balaban J connectivity index is 1.96. The second-order valence-corrected chi connectivity index (χ2v) is 5.92. The summed E-state index contributed by atoms with van der Waals surface area (Å²) in [5, 5.41) is 12.6. The van der Waals surface area contributed by atoms with Crippen LogP contribution in [0.5, 0.6) is 0 Å². The van der Waals surface area contributed by atoms with Crippen LogP contribution in [0.15, 0.2) is 59.5 Å². The van der Waals surface area contributed by atoms with Gasteiger partial charge in [0.05, 0.1) is 4.90 Å². The van der Waals surface area contributed by atoms with E-state index in [9.17, 15) is 8.42 Å². The number of benzene rings is 2. The van der Waals surface area contributed by atoms with Crippen molar-refractivity contribution in [1.82, 2.24) is 20.6 Å². The van der Waals surface area contributed by atoms with Crippen molar-refractivity contribution in [2.45, 2.75) is 4.90 Å². The Morgan fingerprint density at radius 2 is 1.71 bits per heavy atom. The van der Waals surface area contributed by atoms with Crippen LogP contribution in [-0.4, -0.2) is 29.0 Å². The normalized spacial score (nSPS) is 11.2. The lowest BCUT2D eigenvalue weighted by molar-refractivity contribution is 0.601. The number of tetrazole rings is 1. The number of rotatable bonds is 4. The number of sulfonamides is 1. The number of anilines is 1. The first-order valence-corrected chi connectivity index (χ1v) is 7.55. The average Bonchev–Trinajstić information content (AvgIpc) is 3.00. The topological polar surface area (TPSA) is 101 Å². The van der Waals surface area contributed by atoms with Gasteiger partial charge in [-0.15, -0.1) is 5.10 Å². The van der Waals surface area contributed by atoms with Crippen molar-refractivity contribution >= 4 is 16.0 Å². The maximum absolute atomic E-state index is 12.3. The summed E-state index contributed by atoms with van der Waals surface area (Å²) in [5.74, 6) is -0.0971. The van der Waals surface area contributed by atoms with E-state index in [2.05, 4.69) is 25.3 Å². The van der Waals surface area contributed by atoms with Crippen LogP contribution in [0.4, 0.5) is 5.95 Å². The van der Waals surface area contributed by atoms with Gasteiger partial charge in [-0.25, -0.2) is 13.1 Å². The Morgan fingerprint density at radius 3 is 2.43 bits per heavy atom. The van der Waals surface area contributed by atoms with Gasteiger partial charge in [-0.3, -0.25) is 0 Å². The smallest absolute Gasteiger partial charge is 0.245 e. The van der Waals surface area contributed by atoms with Crippen molar-refractivity contribution in [3.8, 4) is 11.1 Å². The molecule has 0 saturated heterocycles. The minimum Gasteiger partial charge on any atom is -0.245 e. The molecular formula is C13H11N5O2S. The van der Waals surface area contributed by atoms with E-state index in [1.54, 1.807) is 12.1 Å². The highest BCUT2D eigenvalue weighted by Gasteiger charge is 2.16. The fourth-order valence-corrected chi connectivity index (χ4v) is 2.84. The van der Waals surface area contributed by atoms with Gasteiger partial charge in [0.1, 0.15) is 0 Å². The summed E-state index contributed by atoms with van der Waals surface area (Å²) in [5.41, 5.74) is 1.75. The molecule has 7 nitrogen and oxygen atoms in total. The van der Waals surface area contributed by atoms with E-state index >= 15 is 0 Å². The molecule has 1 heterocycles. The van der Waals surface area contributed by atoms with Crippen molar-refractivity contribution in [1.29, 1.82) is 0 Å². The summed E-state index contributed by atoms with van der Waals surface area (Å²) in [6, 6.07) is 16.2. The zero-order chi connectivity index (χ0) is 14.7. The molecular weight excluding hydrogens is 290 g/mol. The molecule has 0 saturated carbocycles. The third-order valence-electron chi connectivity index (χ3n) is 2.82. The predicted octanol–water partition coefficient (Wildman–Crippen LogP) is 1.67. The van der Waals surface area contributed by atoms with Crippen LogP contribution in [-0.2, 0) is 10.0 Å². The fourth-order valence-electron chi connectivity index (χ4n) is 1.86. The minimum atomic E-state index is -3.75. The summed E-state index contributed by atoms with van der Waals surface area (Å²) in [6.45, 7) is 0. The largest absolute Gasteiger partial charge is 0.276 e. The van der Waals surface area contributed by atoms with E-state index in [0.29, 0.717) is 0 Å². The molecule has 3 aromatic rings. The summed E-state index contributed by atoms with van der Waals surface area (Å²) in [6.07, 6.45) is 0. The maximum Gasteiger partial charge on any atom is 0.276 e. The number of nitrogens with one attached hydrogen (secondary N) is 2. The van der Waals surface area contributed by atoms with Gasteiger partial charge in [0, 0.05) is 0 Å². The number of hydrogen-bond donors (Lipinski definition) is 2. The van der Waals surface area contributed by atoms with E-state index in [0.717, 1.165) is 11.1 Å². The van der Waals surface area contributed by atoms with Crippen molar-refractivity contribution in [2.24, 2.45) is 0 Å². The molecule has 0 unspecified atom stereocenters. The SMILES string of the molecule is O=S(=O)(Nc1nn[nH]n1)c1cccc(-c2ccccc2)c1. The van der Waals surface area contributed by atoms with Crippen LogP contribution in [0.2, 0.25) is 0 Å². The lowest BCUT2D eigenvalue weighted by atomic mass is 10.1. The number of aromatic nitrogens is 4. The number of nitrogens with zero attached hydrogens (tertiary/aromatic N) is 3. The van der Waals surface area contributed by atoms with E-state index in [-0.39, 0.29) is 10.8 Å². The zero-order valence-corrected chi connectivity index (χ0v) is 11.6. The minimum absolute atomic E-state index is 0.0971. The van der Waals surface area contributed by atoms with E-state index in [1.165, 1.54) is 6.07 Å². The maximum atomic E-state index is 12.3. The van der Waals surface area contributed by atoms with Crippen molar-refractivity contribution in [3.63, 3.8) is 0 Å². The molecule has 2 aromatic carbocycles. The van der Waals surface area contributed by atoms with Crippen LogP contribution in [0.3, 0.4) is 0 Å². The monoisotopic (exact) mass is 301 g/mol. The quantitative estimate of drug-likeness (QED) is 0.763. The lowest BCUT2D eigenvalue weighted by Gasteiger charge is -2.07. The second-order valence-electron chi connectivity index (χ2n) is 4.23. The standard InChI is InChI=1S/C13H11N5O2S/c19-21(20,16-13-14-17-18-15-13)12-8-4-7-11(9-12)10-5-2-1-3-6-10/h1-9H,(H2,14,15,16,17,18). The highest BCUT2D eigenvalue weighted by molar-refractivity contribution is 7.92. The molecule has 0 aliphatic rings. The Morgan fingerprint density at radius 1 is 0.952 bits per heavy atom. The van der Waals surface area contributed by atoms with Crippen LogP contribution in [0.25, 0.3) is 11.1 Å². The van der Waals surface area contributed by atoms with E-state index in [4.69, 9.17) is 0 Å². The van der Waals surface area contributed by atoms with Crippen molar-refractivity contribution in [3.05, 3.63) is 54.6 Å². The number of hydrogen-bond acceptors (Lipinski definition) is 5. The van der Waals surface area contributed by atoms with Gasteiger partial charge >= 0.3 is 0 Å². The van der Waals surface area contributed by atoms with E-state index in [1.807, 2.05) is 36.4 Å². The first-order chi connectivity index (χ1) is 10.1. The van der Waals surface area contributed by atoms with Gasteiger partial charge in [-0.05, 0) is 28.5 Å². The van der Waals surface area contributed by atoms with Gasteiger partial charge in [-0.1, -0.05) is 47.6 Å². The Labute approximate surface area is 121 Å².